The lowest BCUT2D eigenvalue weighted by Crippen LogP contribution is -2.44. The van der Waals surface area contributed by atoms with Gasteiger partial charge in [0.25, 0.3) is 0 Å². The van der Waals surface area contributed by atoms with Gasteiger partial charge in [0.15, 0.2) is 0 Å². The topological polar surface area (TPSA) is 122 Å². The number of carbonyl (C=O) groups excluding carboxylic acids is 2. The first-order valence-corrected chi connectivity index (χ1v) is 10.4. The van der Waals surface area contributed by atoms with E-state index in [1.807, 2.05) is 18.2 Å². The second-order valence-corrected chi connectivity index (χ2v) is 8.32. The molecule has 2 amide bonds. The van der Waals surface area contributed by atoms with Crippen molar-refractivity contribution >= 4 is 34.5 Å². The van der Waals surface area contributed by atoms with E-state index in [1.165, 1.54) is 9.13 Å². The number of carbonyl (C=O) groups is 3. The number of hydrogen-bond donors (Lipinski definition) is 3. The standard InChI is InChI=1S/C21H26N4O5/c1-24-17-10-14(22-11-12-2-4-13(5-3-12)20(28)29)6-7-15(17)25(21(24)30)16-8-9-18(26)23-19(16)27/h6-7,10,12-13,16,22H,2-5,8-9,11H2,1H3,(H,28,29)(H,23,26,27)/t12-,13-,16?. The van der Waals surface area contributed by atoms with Crippen molar-refractivity contribution in [3.63, 3.8) is 0 Å². The van der Waals surface area contributed by atoms with Gasteiger partial charge in [-0.1, -0.05) is 0 Å². The number of nitrogens with one attached hydrogen (secondary N) is 2. The highest BCUT2D eigenvalue weighted by molar-refractivity contribution is 6.00. The van der Waals surface area contributed by atoms with Crippen molar-refractivity contribution in [2.24, 2.45) is 18.9 Å². The molecule has 1 aliphatic carbocycles. The number of hydrogen-bond acceptors (Lipinski definition) is 5. The third kappa shape index (κ3) is 3.71. The normalized spacial score (nSPS) is 24.6. The number of aryl methyl sites for hydroxylation is 1. The van der Waals surface area contributed by atoms with E-state index in [4.69, 9.17) is 5.11 Å². The Kier molecular flexibility index (Phi) is 5.36. The highest BCUT2D eigenvalue weighted by atomic mass is 16.4. The van der Waals surface area contributed by atoms with Crippen LogP contribution in [0.5, 0.6) is 0 Å². The van der Waals surface area contributed by atoms with Gasteiger partial charge in [0.05, 0.1) is 17.0 Å². The van der Waals surface area contributed by atoms with Crippen molar-refractivity contribution in [1.82, 2.24) is 14.5 Å². The largest absolute Gasteiger partial charge is 0.481 e. The Morgan fingerprint density at radius 1 is 1.13 bits per heavy atom. The number of aliphatic carboxylic acids is 1. The summed E-state index contributed by atoms with van der Waals surface area (Å²) in [5.74, 6) is -1.26. The summed E-state index contributed by atoms with van der Waals surface area (Å²) < 4.78 is 2.98. The molecule has 9 nitrogen and oxygen atoms in total. The Morgan fingerprint density at radius 3 is 2.53 bits per heavy atom. The minimum Gasteiger partial charge on any atom is -0.481 e. The Bertz CT molecular complexity index is 1060. The van der Waals surface area contributed by atoms with Crippen LogP contribution in [0.15, 0.2) is 23.0 Å². The average molecular weight is 414 g/mol. The summed E-state index contributed by atoms with van der Waals surface area (Å²) in [6.45, 7) is 0.750. The zero-order chi connectivity index (χ0) is 21.4. The molecular weight excluding hydrogens is 388 g/mol. The zero-order valence-electron chi connectivity index (χ0n) is 16.9. The van der Waals surface area contributed by atoms with E-state index >= 15 is 0 Å². The maximum absolute atomic E-state index is 12.8. The number of piperidine rings is 1. The van der Waals surface area contributed by atoms with Crippen molar-refractivity contribution < 1.29 is 19.5 Å². The molecule has 1 aliphatic heterocycles. The van der Waals surface area contributed by atoms with E-state index < -0.39 is 17.9 Å². The summed E-state index contributed by atoms with van der Waals surface area (Å²) in [5.41, 5.74) is 1.95. The van der Waals surface area contributed by atoms with Crippen molar-refractivity contribution in [2.75, 3.05) is 11.9 Å². The second-order valence-electron chi connectivity index (χ2n) is 8.32. The van der Waals surface area contributed by atoms with E-state index in [2.05, 4.69) is 10.6 Å². The molecule has 1 saturated carbocycles. The number of amides is 2. The summed E-state index contributed by atoms with van der Waals surface area (Å²) in [7, 11) is 1.67. The summed E-state index contributed by atoms with van der Waals surface area (Å²) in [4.78, 5) is 47.6. The van der Waals surface area contributed by atoms with Crippen LogP contribution in [0.25, 0.3) is 11.0 Å². The highest BCUT2D eigenvalue weighted by Gasteiger charge is 2.31. The summed E-state index contributed by atoms with van der Waals surface area (Å²) >= 11 is 0. The van der Waals surface area contributed by atoms with E-state index in [9.17, 15) is 19.2 Å². The predicted octanol–water partition coefficient (Wildman–Crippen LogP) is 1.62. The van der Waals surface area contributed by atoms with Gasteiger partial charge in [-0.05, 0) is 56.2 Å². The Labute approximate surface area is 173 Å². The van der Waals surface area contributed by atoms with Gasteiger partial charge in [-0.15, -0.1) is 0 Å². The van der Waals surface area contributed by atoms with Gasteiger partial charge < -0.3 is 10.4 Å². The van der Waals surface area contributed by atoms with Crippen LogP contribution in [-0.4, -0.2) is 38.6 Å². The lowest BCUT2D eigenvalue weighted by molar-refractivity contribution is -0.143. The predicted molar refractivity (Wildman–Crippen MR) is 110 cm³/mol. The van der Waals surface area contributed by atoms with Crippen LogP contribution in [0.4, 0.5) is 5.69 Å². The summed E-state index contributed by atoms with van der Waals surface area (Å²) in [6.07, 6.45) is 3.72. The van der Waals surface area contributed by atoms with Gasteiger partial charge in [0.2, 0.25) is 11.8 Å². The molecule has 2 heterocycles. The number of fused-ring (bicyclic) bond motifs is 1. The van der Waals surface area contributed by atoms with Crippen LogP contribution >= 0.6 is 0 Å². The Hall–Kier alpha value is -3.10. The van der Waals surface area contributed by atoms with Crippen molar-refractivity contribution in [3.05, 3.63) is 28.7 Å². The van der Waals surface area contributed by atoms with Gasteiger partial charge >= 0.3 is 11.7 Å². The highest BCUT2D eigenvalue weighted by Crippen LogP contribution is 2.30. The second kappa shape index (κ2) is 7.97. The van der Waals surface area contributed by atoms with Crippen LogP contribution in [0, 0.1) is 11.8 Å². The Balaban J connectivity index is 1.51. The molecule has 1 aromatic carbocycles. The van der Waals surface area contributed by atoms with Gasteiger partial charge in [0.1, 0.15) is 6.04 Å². The molecule has 4 rings (SSSR count). The quantitative estimate of drug-likeness (QED) is 0.639. The van der Waals surface area contributed by atoms with Crippen LogP contribution in [0.1, 0.15) is 44.6 Å². The fourth-order valence-corrected chi connectivity index (χ4v) is 4.58. The molecule has 9 heteroatoms. The number of rotatable bonds is 5. The van der Waals surface area contributed by atoms with Gasteiger partial charge in [-0.2, -0.15) is 0 Å². The number of imidazole rings is 1. The number of benzene rings is 1. The van der Waals surface area contributed by atoms with Crippen LogP contribution < -0.4 is 16.3 Å². The first-order chi connectivity index (χ1) is 14.3. The van der Waals surface area contributed by atoms with E-state index in [1.54, 1.807) is 7.05 Å². The molecule has 2 aliphatic rings. The van der Waals surface area contributed by atoms with E-state index in [0.717, 1.165) is 25.1 Å². The lowest BCUT2D eigenvalue weighted by Gasteiger charge is -2.26. The van der Waals surface area contributed by atoms with Crippen LogP contribution in [0.2, 0.25) is 0 Å². The summed E-state index contributed by atoms with van der Waals surface area (Å²) in [6, 6.07) is 4.90. The number of nitrogens with zero attached hydrogens (tertiary/aromatic N) is 2. The smallest absolute Gasteiger partial charge is 0.329 e. The Morgan fingerprint density at radius 2 is 1.87 bits per heavy atom. The molecule has 3 N–H and O–H groups in total. The SMILES string of the molecule is Cn1c(=O)n(C2CCC(=O)NC2=O)c2ccc(NC[C@H]3CC[C@H](C(=O)O)CC3)cc21. The third-order valence-corrected chi connectivity index (χ3v) is 6.40. The lowest BCUT2D eigenvalue weighted by atomic mass is 9.82. The van der Waals surface area contributed by atoms with Crippen LogP contribution in [0.3, 0.4) is 0 Å². The number of carboxylic acid groups (broad SMARTS) is 1. The van der Waals surface area contributed by atoms with Crippen molar-refractivity contribution in [3.8, 4) is 0 Å². The third-order valence-electron chi connectivity index (χ3n) is 6.40. The summed E-state index contributed by atoms with van der Waals surface area (Å²) in [5, 5.41) is 14.8. The van der Waals surface area contributed by atoms with Crippen LogP contribution in [-0.2, 0) is 21.4 Å². The fraction of sp³-hybridized carbons (Fsp3) is 0.524. The number of carboxylic acids is 1. The molecule has 0 radical (unpaired) electrons. The number of anilines is 1. The first-order valence-electron chi connectivity index (χ1n) is 10.4. The molecule has 0 bridgehead atoms. The monoisotopic (exact) mass is 414 g/mol. The molecule has 30 heavy (non-hydrogen) atoms. The molecule has 160 valence electrons. The first kappa shape index (κ1) is 20.2. The fourth-order valence-electron chi connectivity index (χ4n) is 4.58. The molecular formula is C21H26N4O5. The van der Waals surface area contributed by atoms with Gasteiger partial charge in [-0.3, -0.25) is 28.8 Å². The van der Waals surface area contributed by atoms with Gasteiger partial charge in [-0.25, -0.2) is 4.79 Å². The molecule has 2 fully saturated rings. The maximum atomic E-state index is 12.8. The molecule has 0 spiro atoms. The van der Waals surface area contributed by atoms with Gasteiger partial charge in [0, 0.05) is 25.7 Å². The molecule has 1 atom stereocenters. The average Bonchev–Trinajstić information content (AvgIpc) is 2.97. The molecule has 2 aromatic rings. The number of imide groups is 1. The molecule has 1 aromatic heterocycles. The molecule has 1 saturated heterocycles. The van der Waals surface area contributed by atoms with Crippen molar-refractivity contribution in [1.29, 1.82) is 0 Å². The van der Waals surface area contributed by atoms with Crippen molar-refractivity contribution in [2.45, 2.75) is 44.6 Å². The minimum atomic E-state index is -0.701. The zero-order valence-corrected chi connectivity index (χ0v) is 16.9. The minimum absolute atomic E-state index is 0.211. The number of aromatic nitrogens is 2. The van der Waals surface area contributed by atoms with E-state index in [0.29, 0.717) is 36.2 Å². The van der Waals surface area contributed by atoms with E-state index in [-0.39, 0.29) is 23.9 Å². The molecule has 1 unspecified atom stereocenters. The maximum Gasteiger partial charge on any atom is 0.329 e.